The van der Waals surface area contributed by atoms with Gasteiger partial charge in [0.15, 0.2) is 5.75 Å². The maximum Gasteiger partial charge on any atom is 0.176 e. The minimum absolute atomic E-state index is 0.365. The second-order valence-electron chi connectivity index (χ2n) is 3.46. The van der Waals surface area contributed by atoms with Gasteiger partial charge >= 0.3 is 0 Å². The minimum atomic E-state index is 0.365. The van der Waals surface area contributed by atoms with Gasteiger partial charge in [-0.1, -0.05) is 12.1 Å². The van der Waals surface area contributed by atoms with Gasteiger partial charge in [-0.15, -0.1) is 0 Å². The molecule has 0 aromatic heterocycles. The summed E-state index contributed by atoms with van der Waals surface area (Å²) in [5.74, 6) is 0.365. The Hall–Kier alpha value is -1.09. The molecule has 2 rings (SSSR count). The van der Waals surface area contributed by atoms with E-state index in [9.17, 15) is 4.53 Å². The van der Waals surface area contributed by atoms with Gasteiger partial charge in [0.1, 0.15) is 0 Å². The fraction of sp³-hybridized carbons (Fsp3) is 0.400. The Balaban J connectivity index is 2.41. The molecule has 0 spiro atoms. The highest BCUT2D eigenvalue weighted by Gasteiger charge is 2.17. The van der Waals surface area contributed by atoms with Crippen LogP contribution in [0.3, 0.4) is 0 Å². The maximum absolute atomic E-state index is 12.1. The largest absolute Gasteiger partial charge is 0.302 e. The Labute approximate surface area is 76.8 Å². The zero-order valence-corrected chi connectivity index (χ0v) is 7.59. The van der Waals surface area contributed by atoms with Gasteiger partial charge in [-0.2, -0.15) is 0 Å². The van der Waals surface area contributed by atoms with E-state index in [0.29, 0.717) is 5.75 Å². The minimum Gasteiger partial charge on any atom is -0.302 e. The number of benzene rings is 1. The number of hydrogen-bond donors (Lipinski definition) is 0. The van der Waals surface area contributed by atoms with Crippen LogP contribution in [-0.4, -0.2) is 18.5 Å². The first-order valence-electron chi connectivity index (χ1n) is 4.39. The number of hydrogen-bond acceptors (Lipinski definition) is 2. The summed E-state index contributed by atoms with van der Waals surface area (Å²) >= 11 is 0. The van der Waals surface area contributed by atoms with Gasteiger partial charge in [0.25, 0.3) is 0 Å². The summed E-state index contributed by atoms with van der Waals surface area (Å²) in [4.78, 5) is 5.99. The van der Waals surface area contributed by atoms with Gasteiger partial charge in [-0.3, -0.25) is 4.94 Å². The van der Waals surface area contributed by atoms with Crippen LogP contribution < -0.4 is 4.94 Å². The van der Waals surface area contributed by atoms with E-state index in [2.05, 4.69) is 9.84 Å². The predicted octanol–water partition coefficient (Wildman–Crippen LogP) is 1.94. The highest BCUT2D eigenvalue weighted by atomic mass is 19.3. The Morgan fingerprint density at radius 1 is 1.46 bits per heavy atom. The molecule has 1 heterocycles. The Morgan fingerprint density at radius 2 is 2.31 bits per heavy atom. The van der Waals surface area contributed by atoms with Crippen LogP contribution >= 0.6 is 0 Å². The number of nitrogens with zero attached hydrogens (tertiary/aromatic N) is 1. The van der Waals surface area contributed by atoms with E-state index >= 15 is 0 Å². The summed E-state index contributed by atoms with van der Waals surface area (Å²) in [6, 6.07) is 5.53. The lowest BCUT2D eigenvalue weighted by molar-refractivity contribution is -0.00836. The first-order chi connectivity index (χ1) is 6.31. The Bertz CT molecular complexity index is 300. The molecule has 1 aliphatic rings. The van der Waals surface area contributed by atoms with E-state index in [4.69, 9.17) is 0 Å². The average molecular weight is 181 g/mol. The lowest BCUT2D eigenvalue weighted by Crippen LogP contribution is -2.26. The van der Waals surface area contributed by atoms with Crippen molar-refractivity contribution < 1.29 is 9.47 Å². The molecule has 0 saturated heterocycles. The third-order valence-electron chi connectivity index (χ3n) is 2.50. The number of likely N-dealkylation sites (N-methyl/N-ethyl adjacent to an activating group) is 1. The summed E-state index contributed by atoms with van der Waals surface area (Å²) in [7, 11) is 2.03. The quantitative estimate of drug-likeness (QED) is 0.656. The summed E-state index contributed by atoms with van der Waals surface area (Å²) in [5.41, 5.74) is 2.19. The van der Waals surface area contributed by atoms with E-state index in [-0.39, 0.29) is 0 Å². The molecule has 70 valence electrons. The van der Waals surface area contributed by atoms with Crippen molar-refractivity contribution >= 4 is 0 Å². The fourth-order valence-corrected chi connectivity index (χ4v) is 1.76. The van der Waals surface area contributed by atoms with Crippen LogP contribution in [-0.2, 0) is 13.0 Å². The SMILES string of the molecule is CN1CCc2cccc(OF)c2C1. The zero-order chi connectivity index (χ0) is 9.26. The molecule has 3 heteroatoms. The van der Waals surface area contributed by atoms with Crippen molar-refractivity contribution in [2.75, 3.05) is 13.6 Å². The zero-order valence-electron chi connectivity index (χ0n) is 7.59. The molecule has 0 saturated carbocycles. The van der Waals surface area contributed by atoms with Gasteiger partial charge in [0.2, 0.25) is 0 Å². The molecule has 1 aromatic rings. The number of fused-ring (bicyclic) bond motifs is 1. The van der Waals surface area contributed by atoms with Crippen molar-refractivity contribution in [3.8, 4) is 5.75 Å². The lowest BCUT2D eigenvalue weighted by atomic mass is 9.99. The molecule has 1 aliphatic heterocycles. The standard InChI is InChI=1S/C10H12FNO/c1-12-6-5-8-3-2-4-10(13-11)9(8)7-12/h2-4H,5-7H2,1H3. The van der Waals surface area contributed by atoms with Crippen molar-refractivity contribution in [1.82, 2.24) is 4.90 Å². The number of rotatable bonds is 1. The van der Waals surface area contributed by atoms with Crippen molar-refractivity contribution in [1.29, 1.82) is 0 Å². The molecule has 0 fully saturated rings. The van der Waals surface area contributed by atoms with Gasteiger partial charge in [-0.25, -0.2) is 0 Å². The van der Waals surface area contributed by atoms with E-state index in [1.165, 1.54) is 5.56 Å². The van der Waals surface area contributed by atoms with E-state index < -0.39 is 0 Å². The Kier molecular flexibility index (Phi) is 2.19. The predicted molar refractivity (Wildman–Crippen MR) is 48.2 cm³/mol. The van der Waals surface area contributed by atoms with Crippen molar-refractivity contribution in [2.45, 2.75) is 13.0 Å². The van der Waals surface area contributed by atoms with E-state index in [1.807, 2.05) is 19.2 Å². The van der Waals surface area contributed by atoms with Crippen LogP contribution in [0, 0.1) is 0 Å². The first kappa shape index (κ1) is 8.51. The second-order valence-corrected chi connectivity index (χ2v) is 3.46. The first-order valence-corrected chi connectivity index (χ1v) is 4.39. The van der Waals surface area contributed by atoms with Crippen molar-refractivity contribution in [3.63, 3.8) is 0 Å². The monoisotopic (exact) mass is 181 g/mol. The third-order valence-corrected chi connectivity index (χ3v) is 2.50. The molecule has 2 nitrogen and oxygen atoms in total. The Morgan fingerprint density at radius 3 is 3.08 bits per heavy atom. The normalized spacial score (nSPS) is 16.8. The molecule has 0 N–H and O–H groups in total. The summed E-state index contributed by atoms with van der Waals surface area (Å²) in [6.07, 6.45) is 0.975. The molecule has 0 radical (unpaired) electrons. The highest BCUT2D eigenvalue weighted by Crippen LogP contribution is 2.27. The molecule has 1 aromatic carbocycles. The molecule has 0 amide bonds. The van der Waals surface area contributed by atoms with Crippen LogP contribution in [0.1, 0.15) is 11.1 Å². The van der Waals surface area contributed by atoms with E-state index in [0.717, 1.165) is 25.1 Å². The van der Waals surface area contributed by atoms with Gasteiger partial charge in [0.05, 0.1) is 0 Å². The summed E-state index contributed by atoms with van der Waals surface area (Å²) in [6.45, 7) is 1.80. The lowest BCUT2D eigenvalue weighted by Gasteiger charge is -2.25. The van der Waals surface area contributed by atoms with Crippen LogP contribution in [0.15, 0.2) is 18.2 Å². The maximum atomic E-state index is 12.1. The second kappa shape index (κ2) is 3.34. The van der Waals surface area contributed by atoms with Gasteiger partial charge in [-0.05, 0) is 25.1 Å². The van der Waals surface area contributed by atoms with Crippen LogP contribution in [0.2, 0.25) is 0 Å². The topological polar surface area (TPSA) is 12.5 Å². The van der Waals surface area contributed by atoms with Crippen LogP contribution in [0.5, 0.6) is 5.75 Å². The average Bonchev–Trinajstić information content (AvgIpc) is 2.17. The summed E-state index contributed by atoms with van der Waals surface area (Å²) < 4.78 is 12.1. The van der Waals surface area contributed by atoms with Crippen molar-refractivity contribution in [3.05, 3.63) is 29.3 Å². The molecular formula is C10H12FNO. The molecule has 0 bridgehead atoms. The summed E-state index contributed by atoms with van der Waals surface area (Å²) in [5, 5.41) is 0. The molecule has 0 aliphatic carbocycles. The van der Waals surface area contributed by atoms with Crippen LogP contribution in [0.4, 0.5) is 4.53 Å². The van der Waals surface area contributed by atoms with Crippen molar-refractivity contribution in [2.24, 2.45) is 0 Å². The van der Waals surface area contributed by atoms with Gasteiger partial charge < -0.3 is 4.90 Å². The fourth-order valence-electron chi connectivity index (χ4n) is 1.76. The van der Waals surface area contributed by atoms with Crippen LogP contribution in [0.25, 0.3) is 0 Å². The third kappa shape index (κ3) is 1.52. The highest BCUT2D eigenvalue weighted by molar-refractivity contribution is 5.41. The number of halogens is 1. The van der Waals surface area contributed by atoms with E-state index in [1.54, 1.807) is 6.07 Å². The smallest absolute Gasteiger partial charge is 0.176 e. The molecular weight excluding hydrogens is 169 g/mol. The van der Waals surface area contributed by atoms with Gasteiger partial charge in [0, 0.05) is 23.2 Å². The molecule has 13 heavy (non-hydrogen) atoms. The molecule has 0 unspecified atom stereocenters. The molecule has 0 atom stereocenters.